The maximum atomic E-state index is 11.7. The minimum Gasteiger partial charge on any atom is -0.493 e. The summed E-state index contributed by atoms with van der Waals surface area (Å²) in [6.07, 6.45) is 0. The van der Waals surface area contributed by atoms with Crippen molar-refractivity contribution >= 4 is 19.5 Å². The number of rotatable bonds is 7. The van der Waals surface area contributed by atoms with Crippen LogP contribution < -0.4 is 9.47 Å². The predicted molar refractivity (Wildman–Crippen MR) is 78.0 cm³/mol. The largest absolute Gasteiger partial charge is 0.493 e. The minimum absolute atomic E-state index is 0.106. The standard InChI is InChI=1S/C13H17O9P/c1-13(12(16)17,23(18,19)20)10(11(14)15)7-4-5-8(21-2)9(6-7)22-3/h4-6,10H,1-3H3,(H,14,15)(H,16,17)(H2,18,19,20). The molecule has 0 aliphatic rings. The number of carboxylic acids is 2. The molecule has 0 fully saturated rings. The van der Waals surface area contributed by atoms with Gasteiger partial charge in [0, 0.05) is 0 Å². The van der Waals surface area contributed by atoms with E-state index in [1.807, 2.05) is 0 Å². The molecule has 0 spiro atoms. The lowest BCUT2D eigenvalue weighted by Crippen LogP contribution is -2.44. The zero-order chi connectivity index (χ0) is 18.0. The van der Waals surface area contributed by atoms with Gasteiger partial charge in [-0.15, -0.1) is 0 Å². The molecule has 0 amide bonds. The topological polar surface area (TPSA) is 151 Å². The molecule has 0 aliphatic carbocycles. The lowest BCUT2D eigenvalue weighted by molar-refractivity contribution is -0.148. The number of carbonyl (C=O) groups is 2. The molecule has 0 aliphatic heterocycles. The molecule has 10 heteroatoms. The molecule has 0 saturated heterocycles. The molecule has 23 heavy (non-hydrogen) atoms. The van der Waals surface area contributed by atoms with Gasteiger partial charge in [0.25, 0.3) is 0 Å². The monoisotopic (exact) mass is 348 g/mol. The van der Waals surface area contributed by atoms with Crippen molar-refractivity contribution in [2.45, 2.75) is 18.0 Å². The second-order valence-electron chi connectivity index (χ2n) is 4.88. The van der Waals surface area contributed by atoms with E-state index in [9.17, 15) is 34.2 Å². The first-order valence-corrected chi connectivity index (χ1v) is 7.85. The van der Waals surface area contributed by atoms with Crippen molar-refractivity contribution in [2.24, 2.45) is 0 Å². The molecule has 9 nitrogen and oxygen atoms in total. The van der Waals surface area contributed by atoms with E-state index in [1.165, 1.54) is 32.4 Å². The van der Waals surface area contributed by atoms with Gasteiger partial charge in [0.2, 0.25) is 0 Å². The summed E-state index contributed by atoms with van der Waals surface area (Å²) in [6, 6.07) is 3.72. The van der Waals surface area contributed by atoms with Crippen LogP contribution in [0.15, 0.2) is 18.2 Å². The second-order valence-corrected chi connectivity index (χ2v) is 6.90. The van der Waals surface area contributed by atoms with Crippen LogP contribution in [0.5, 0.6) is 11.5 Å². The Morgan fingerprint density at radius 1 is 1.13 bits per heavy atom. The Balaban J connectivity index is 3.63. The van der Waals surface area contributed by atoms with Gasteiger partial charge in [-0.3, -0.25) is 14.2 Å². The Morgan fingerprint density at radius 2 is 1.65 bits per heavy atom. The van der Waals surface area contributed by atoms with E-state index in [-0.39, 0.29) is 17.1 Å². The van der Waals surface area contributed by atoms with Gasteiger partial charge in [-0.2, -0.15) is 0 Å². The molecule has 1 aromatic carbocycles. The van der Waals surface area contributed by atoms with Gasteiger partial charge in [-0.1, -0.05) is 6.07 Å². The first-order valence-electron chi connectivity index (χ1n) is 6.24. The fourth-order valence-corrected chi connectivity index (χ4v) is 3.00. The Hall–Kier alpha value is -2.09. The first-order chi connectivity index (χ1) is 10.5. The molecule has 2 atom stereocenters. The van der Waals surface area contributed by atoms with Crippen molar-refractivity contribution in [3.63, 3.8) is 0 Å². The fraction of sp³-hybridized carbons (Fsp3) is 0.385. The summed E-state index contributed by atoms with van der Waals surface area (Å²) in [6.45, 7) is 0.700. The highest BCUT2D eigenvalue weighted by Crippen LogP contribution is 2.57. The minimum atomic E-state index is -5.31. The summed E-state index contributed by atoms with van der Waals surface area (Å²) < 4.78 is 21.7. The molecule has 0 bridgehead atoms. The second kappa shape index (κ2) is 6.57. The summed E-state index contributed by atoms with van der Waals surface area (Å²) in [5.41, 5.74) is -0.136. The summed E-state index contributed by atoms with van der Waals surface area (Å²) in [5.74, 6) is -5.25. The molecule has 2 unspecified atom stereocenters. The fourth-order valence-electron chi connectivity index (χ4n) is 2.16. The number of benzene rings is 1. The van der Waals surface area contributed by atoms with Crippen LogP contribution in [0.1, 0.15) is 18.4 Å². The number of methoxy groups -OCH3 is 2. The van der Waals surface area contributed by atoms with Gasteiger partial charge in [0.15, 0.2) is 16.7 Å². The van der Waals surface area contributed by atoms with Gasteiger partial charge in [0.1, 0.15) is 5.92 Å². The highest BCUT2D eigenvalue weighted by Gasteiger charge is 2.59. The van der Waals surface area contributed by atoms with Crippen molar-refractivity contribution in [3.8, 4) is 11.5 Å². The van der Waals surface area contributed by atoms with Crippen molar-refractivity contribution in [1.82, 2.24) is 0 Å². The molecule has 0 aromatic heterocycles. The van der Waals surface area contributed by atoms with Crippen LogP contribution in [0.25, 0.3) is 0 Å². The van der Waals surface area contributed by atoms with E-state index in [4.69, 9.17) is 9.47 Å². The Bertz CT molecular complexity index is 665. The Labute approximate surface area is 131 Å². The van der Waals surface area contributed by atoms with Crippen LogP contribution in [0.3, 0.4) is 0 Å². The summed E-state index contributed by atoms with van der Waals surface area (Å²) in [5, 5.41) is 15.8. The molecular formula is C13H17O9P. The zero-order valence-corrected chi connectivity index (χ0v) is 13.5. The van der Waals surface area contributed by atoms with Gasteiger partial charge < -0.3 is 29.5 Å². The molecule has 1 aromatic rings. The molecule has 1 rings (SSSR count). The average Bonchev–Trinajstić information content (AvgIpc) is 2.45. The molecular weight excluding hydrogens is 331 g/mol. The SMILES string of the molecule is COc1ccc(C(C(=O)O)C(C)(C(=O)O)P(=O)(O)O)cc1OC. The number of hydrogen-bond acceptors (Lipinski definition) is 5. The van der Waals surface area contributed by atoms with Gasteiger partial charge in [0.05, 0.1) is 14.2 Å². The van der Waals surface area contributed by atoms with Gasteiger partial charge in [-0.25, -0.2) is 0 Å². The van der Waals surface area contributed by atoms with Gasteiger partial charge in [-0.05, 0) is 24.6 Å². The van der Waals surface area contributed by atoms with Crippen LogP contribution in [0, 0.1) is 0 Å². The third kappa shape index (κ3) is 3.31. The lowest BCUT2D eigenvalue weighted by atomic mass is 9.86. The average molecular weight is 348 g/mol. The number of carboxylic acid groups (broad SMARTS) is 2. The quantitative estimate of drug-likeness (QED) is 0.527. The summed E-state index contributed by atoms with van der Waals surface area (Å²) in [4.78, 5) is 41.9. The number of ether oxygens (including phenoxy) is 2. The molecule has 128 valence electrons. The number of hydrogen-bond donors (Lipinski definition) is 4. The van der Waals surface area contributed by atoms with Crippen LogP contribution >= 0.6 is 7.60 Å². The Morgan fingerprint density at radius 3 is 2.00 bits per heavy atom. The maximum absolute atomic E-state index is 11.7. The first kappa shape index (κ1) is 19.0. The third-order valence-electron chi connectivity index (χ3n) is 3.59. The summed E-state index contributed by atoms with van der Waals surface area (Å²) in [7, 11) is -2.68. The van der Waals surface area contributed by atoms with Crippen LogP contribution in [0.4, 0.5) is 0 Å². The van der Waals surface area contributed by atoms with Crippen molar-refractivity contribution in [3.05, 3.63) is 23.8 Å². The van der Waals surface area contributed by atoms with E-state index >= 15 is 0 Å². The van der Waals surface area contributed by atoms with E-state index in [1.54, 1.807) is 0 Å². The highest BCUT2D eigenvalue weighted by atomic mass is 31.2. The van der Waals surface area contributed by atoms with Crippen molar-refractivity contribution < 1.29 is 43.6 Å². The Kier molecular flexibility index (Phi) is 5.42. The van der Waals surface area contributed by atoms with E-state index in [2.05, 4.69) is 0 Å². The van der Waals surface area contributed by atoms with Crippen molar-refractivity contribution in [1.29, 1.82) is 0 Å². The maximum Gasteiger partial charge on any atom is 0.343 e. The molecule has 0 heterocycles. The molecule has 4 N–H and O–H groups in total. The highest BCUT2D eigenvalue weighted by molar-refractivity contribution is 7.54. The molecule has 0 radical (unpaired) electrons. The predicted octanol–water partition coefficient (Wildman–Crippen LogP) is 0.893. The van der Waals surface area contributed by atoms with E-state index in [0.717, 1.165) is 0 Å². The third-order valence-corrected chi connectivity index (χ3v) is 5.25. The lowest BCUT2D eigenvalue weighted by Gasteiger charge is -2.32. The van der Waals surface area contributed by atoms with Crippen molar-refractivity contribution in [2.75, 3.05) is 14.2 Å². The molecule has 0 saturated carbocycles. The van der Waals surface area contributed by atoms with E-state index in [0.29, 0.717) is 6.92 Å². The normalized spacial score (nSPS) is 15.3. The van der Waals surface area contributed by atoms with Crippen LogP contribution in [-0.2, 0) is 14.2 Å². The van der Waals surface area contributed by atoms with Crippen LogP contribution in [-0.4, -0.2) is 51.3 Å². The smallest absolute Gasteiger partial charge is 0.343 e. The number of aliphatic carboxylic acids is 2. The van der Waals surface area contributed by atoms with E-state index < -0.39 is 30.6 Å². The van der Waals surface area contributed by atoms with Gasteiger partial charge >= 0.3 is 19.5 Å². The zero-order valence-electron chi connectivity index (χ0n) is 12.6. The summed E-state index contributed by atoms with van der Waals surface area (Å²) >= 11 is 0. The van der Waals surface area contributed by atoms with Crippen LogP contribution in [0.2, 0.25) is 0 Å².